The smallest absolute Gasteiger partial charge is 0.0605 e. The maximum atomic E-state index is 9.02. The van der Waals surface area contributed by atoms with Crippen LogP contribution in [0.1, 0.15) is 30.9 Å². The molecule has 3 nitrogen and oxygen atoms in total. The van der Waals surface area contributed by atoms with E-state index in [0.29, 0.717) is 0 Å². The molecule has 0 saturated heterocycles. The van der Waals surface area contributed by atoms with Gasteiger partial charge in [-0.2, -0.15) is 0 Å². The molecule has 3 rings (SSSR count). The molecule has 1 unspecified atom stereocenters. The van der Waals surface area contributed by atoms with E-state index in [1.165, 1.54) is 16.8 Å². The van der Waals surface area contributed by atoms with Gasteiger partial charge >= 0.3 is 0 Å². The van der Waals surface area contributed by atoms with E-state index in [1.54, 1.807) is 11.9 Å². The average molecular weight is 323 g/mol. The molecule has 3 N–H and O–H groups in total. The van der Waals surface area contributed by atoms with Gasteiger partial charge < -0.3 is 15.1 Å². The zero-order chi connectivity index (χ0) is 14.7. The maximum Gasteiger partial charge on any atom is 0.0605 e. The summed E-state index contributed by atoms with van der Waals surface area (Å²) in [6.45, 7) is 1.00. The molecule has 1 aromatic rings. The van der Waals surface area contributed by atoms with E-state index < -0.39 is 0 Å². The van der Waals surface area contributed by atoms with Gasteiger partial charge in [-0.15, -0.1) is 0 Å². The Morgan fingerprint density at radius 1 is 1.43 bits per heavy atom. The standard InChI is InChI=1S/C16H19ClN2OS/c17-11-6-7-13-15(10-11)21-19-14-5-2-1-4-12(14)16(13)18-8-3-9-20/h1,4,6-7,10,16,18-20H,2-3,5,8-9H2. The first kappa shape index (κ1) is 15.0. The van der Waals surface area contributed by atoms with E-state index in [1.807, 2.05) is 12.1 Å². The van der Waals surface area contributed by atoms with Gasteiger partial charge in [-0.25, -0.2) is 0 Å². The SMILES string of the molecule is OCCCNC1C2=C(CCC=C2)NSc2cc(Cl)ccc21. The number of rotatable bonds is 4. The van der Waals surface area contributed by atoms with Crippen LogP contribution in [0.5, 0.6) is 0 Å². The lowest BCUT2D eigenvalue weighted by molar-refractivity contribution is 0.284. The minimum absolute atomic E-state index is 0.151. The van der Waals surface area contributed by atoms with Crippen LogP contribution < -0.4 is 10.0 Å². The van der Waals surface area contributed by atoms with Gasteiger partial charge in [0.05, 0.1) is 6.04 Å². The molecule has 0 spiro atoms. The Bertz CT molecular complexity index is 586. The lowest BCUT2D eigenvalue weighted by Gasteiger charge is -2.23. The van der Waals surface area contributed by atoms with Gasteiger partial charge in [-0.05, 0) is 61.0 Å². The minimum Gasteiger partial charge on any atom is -0.396 e. The summed E-state index contributed by atoms with van der Waals surface area (Å²) in [7, 11) is 0. The van der Waals surface area contributed by atoms with E-state index in [-0.39, 0.29) is 12.6 Å². The molecule has 1 aromatic carbocycles. The highest BCUT2D eigenvalue weighted by Gasteiger charge is 2.25. The summed E-state index contributed by atoms with van der Waals surface area (Å²) in [5, 5.41) is 13.3. The van der Waals surface area contributed by atoms with Crippen molar-refractivity contribution in [1.82, 2.24) is 10.0 Å². The van der Waals surface area contributed by atoms with Crippen molar-refractivity contribution in [3.8, 4) is 0 Å². The fourth-order valence-corrected chi connectivity index (χ4v) is 3.91. The normalized spacial score (nSPS) is 20.6. The molecule has 0 aromatic heterocycles. The number of aliphatic hydroxyl groups is 1. The van der Waals surface area contributed by atoms with Crippen molar-refractivity contribution in [1.29, 1.82) is 0 Å². The topological polar surface area (TPSA) is 44.3 Å². The Morgan fingerprint density at radius 3 is 3.19 bits per heavy atom. The molecule has 0 fully saturated rings. The first-order valence-electron chi connectivity index (χ1n) is 7.25. The Hall–Kier alpha value is -0.940. The van der Waals surface area contributed by atoms with Crippen LogP contribution in [0, 0.1) is 0 Å². The van der Waals surface area contributed by atoms with Crippen molar-refractivity contribution in [3.63, 3.8) is 0 Å². The summed E-state index contributed by atoms with van der Waals surface area (Å²) in [5.41, 5.74) is 3.83. The molecule has 1 atom stereocenters. The molecule has 0 saturated carbocycles. The van der Waals surface area contributed by atoms with Gasteiger partial charge in [0.1, 0.15) is 0 Å². The molecule has 1 heterocycles. The van der Waals surface area contributed by atoms with Crippen molar-refractivity contribution in [2.24, 2.45) is 0 Å². The fraction of sp³-hybridized carbons (Fsp3) is 0.375. The number of allylic oxidation sites excluding steroid dienone is 2. The summed E-state index contributed by atoms with van der Waals surface area (Å²) in [6.07, 6.45) is 7.32. The van der Waals surface area contributed by atoms with Crippen LogP contribution in [0.2, 0.25) is 5.02 Å². The molecule has 5 heteroatoms. The maximum absolute atomic E-state index is 9.02. The van der Waals surface area contributed by atoms with Crippen molar-refractivity contribution in [2.75, 3.05) is 13.2 Å². The molecule has 2 aliphatic rings. The van der Waals surface area contributed by atoms with Crippen LogP contribution in [0.15, 0.2) is 46.5 Å². The zero-order valence-electron chi connectivity index (χ0n) is 11.7. The van der Waals surface area contributed by atoms with E-state index in [0.717, 1.165) is 35.7 Å². The third-order valence-electron chi connectivity index (χ3n) is 3.77. The number of hydrogen-bond acceptors (Lipinski definition) is 4. The monoisotopic (exact) mass is 322 g/mol. The number of fused-ring (bicyclic) bond motifs is 1. The van der Waals surface area contributed by atoms with Gasteiger partial charge in [-0.3, -0.25) is 0 Å². The summed E-state index contributed by atoms with van der Waals surface area (Å²) in [6, 6.07) is 6.20. The van der Waals surface area contributed by atoms with Crippen molar-refractivity contribution < 1.29 is 5.11 Å². The molecular formula is C16H19ClN2OS. The van der Waals surface area contributed by atoms with Gasteiger partial charge in [0, 0.05) is 22.2 Å². The summed E-state index contributed by atoms with van der Waals surface area (Å²) < 4.78 is 3.48. The van der Waals surface area contributed by atoms with Crippen molar-refractivity contribution >= 4 is 23.5 Å². The van der Waals surface area contributed by atoms with Crippen LogP contribution in [0.4, 0.5) is 0 Å². The van der Waals surface area contributed by atoms with Crippen molar-refractivity contribution in [2.45, 2.75) is 30.2 Å². The van der Waals surface area contributed by atoms with Crippen LogP contribution in [-0.4, -0.2) is 18.3 Å². The Morgan fingerprint density at radius 2 is 2.33 bits per heavy atom. The number of hydrogen-bond donors (Lipinski definition) is 3. The zero-order valence-corrected chi connectivity index (χ0v) is 13.3. The first-order valence-corrected chi connectivity index (χ1v) is 8.45. The second-order valence-electron chi connectivity index (χ2n) is 5.23. The number of nitrogens with one attached hydrogen (secondary N) is 2. The van der Waals surface area contributed by atoms with E-state index in [4.69, 9.17) is 16.7 Å². The molecule has 0 amide bonds. The van der Waals surface area contributed by atoms with Gasteiger partial charge in [0.15, 0.2) is 0 Å². The number of benzene rings is 1. The fourth-order valence-electron chi connectivity index (χ4n) is 2.73. The second kappa shape index (κ2) is 6.88. The average Bonchev–Trinajstić information content (AvgIpc) is 2.65. The van der Waals surface area contributed by atoms with Crippen LogP contribution in [0.3, 0.4) is 0 Å². The minimum atomic E-state index is 0.151. The van der Waals surface area contributed by atoms with Crippen LogP contribution in [-0.2, 0) is 0 Å². The highest BCUT2D eigenvalue weighted by atomic mass is 35.5. The van der Waals surface area contributed by atoms with E-state index >= 15 is 0 Å². The first-order chi connectivity index (χ1) is 10.3. The molecule has 0 radical (unpaired) electrons. The predicted molar refractivity (Wildman–Crippen MR) is 88.3 cm³/mol. The number of halogens is 1. The third-order valence-corrected chi connectivity index (χ3v) is 4.93. The molecule has 1 aliphatic carbocycles. The molecule has 21 heavy (non-hydrogen) atoms. The predicted octanol–water partition coefficient (Wildman–Crippen LogP) is 3.57. The number of aliphatic hydroxyl groups excluding tert-OH is 1. The largest absolute Gasteiger partial charge is 0.396 e. The summed E-state index contributed by atoms with van der Waals surface area (Å²) in [5.74, 6) is 0. The molecule has 0 bridgehead atoms. The Labute approximate surface area is 134 Å². The van der Waals surface area contributed by atoms with Gasteiger partial charge in [-0.1, -0.05) is 29.8 Å². The molecule has 112 valence electrons. The quantitative estimate of drug-likeness (QED) is 0.586. The van der Waals surface area contributed by atoms with Gasteiger partial charge in [0.25, 0.3) is 0 Å². The summed E-state index contributed by atoms with van der Waals surface area (Å²) in [4.78, 5) is 1.16. The van der Waals surface area contributed by atoms with E-state index in [9.17, 15) is 0 Å². The summed E-state index contributed by atoms with van der Waals surface area (Å²) >= 11 is 7.77. The van der Waals surface area contributed by atoms with Gasteiger partial charge in [0.2, 0.25) is 0 Å². The second-order valence-corrected chi connectivity index (χ2v) is 6.51. The lowest BCUT2D eigenvalue weighted by Crippen LogP contribution is -2.26. The van der Waals surface area contributed by atoms with E-state index in [2.05, 4.69) is 28.3 Å². The molecular weight excluding hydrogens is 304 g/mol. The third kappa shape index (κ3) is 3.29. The molecule has 1 aliphatic heterocycles. The lowest BCUT2D eigenvalue weighted by atomic mass is 9.92. The highest BCUT2D eigenvalue weighted by Crippen LogP contribution is 2.39. The Kier molecular flexibility index (Phi) is 4.91. The van der Waals surface area contributed by atoms with Crippen LogP contribution in [0.25, 0.3) is 0 Å². The van der Waals surface area contributed by atoms with Crippen molar-refractivity contribution in [3.05, 3.63) is 52.2 Å². The highest BCUT2D eigenvalue weighted by molar-refractivity contribution is 7.97. The van der Waals surface area contributed by atoms with Crippen LogP contribution >= 0.6 is 23.5 Å². The Balaban J connectivity index is 1.97.